The number of hydrogen-bond donors (Lipinski definition) is 0. The number of para-hydroxylation sites is 6. The Morgan fingerprint density at radius 2 is 0.652 bits per heavy atom. The van der Waals surface area contributed by atoms with E-state index in [0.29, 0.717) is 0 Å². The molecule has 0 aliphatic carbocycles. The average molecular weight is 934 g/mol. The first kappa shape index (κ1) is 51.3. The van der Waals surface area contributed by atoms with Crippen molar-refractivity contribution >= 4 is 65.4 Å². The molecule has 6 aromatic carbocycles. The van der Waals surface area contributed by atoms with Crippen LogP contribution in [0.5, 0.6) is 0 Å². The summed E-state index contributed by atoms with van der Waals surface area (Å²) < 4.78 is 6.72. The molecule has 3 heterocycles. The third-order valence-corrected chi connectivity index (χ3v) is 11.7. The molecular weight excluding hydrogens is 859 g/mol. The number of aromatic nitrogens is 3. The van der Waals surface area contributed by atoms with E-state index in [9.17, 15) is 0 Å². The van der Waals surface area contributed by atoms with Crippen molar-refractivity contribution in [3.05, 3.63) is 146 Å². The van der Waals surface area contributed by atoms with Crippen LogP contribution in [-0.2, 0) is 29.3 Å². The highest BCUT2D eigenvalue weighted by Crippen LogP contribution is 2.37. The Morgan fingerprint density at radius 3 is 0.971 bits per heavy atom. The maximum atomic E-state index is 6.01. The second-order valence-corrected chi connectivity index (χ2v) is 20.9. The van der Waals surface area contributed by atoms with E-state index >= 15 is 0 Å². The zero-order valence-electron chi connectivity index (χ0n) is 43.1. The lowest BCUT2D eigenvalue weighted by atomic mass is 10.1. The number of rotatable bonds is 15. The monoisotopic (exact) mass is 934 g/mol. The minimum absolute atomic E-state index is 0.129. The number of fused-ring (bicyclic) bond motifs is 9. The van der Waals surface area contributed by atoms with Gasteiger partial charge in [0.1, 0.15) is 0 Å². The van der Waals surface area contributed by atoms with E-state index in [1.54, 1.807) is 0 Å². The molecule has 0 bridgehead atoms. The molecule has 9 nitrogen and oxygen atoms in total. The summed E-state index contributed by atoms with van der Waals surface area (Å²) in [7, 11) is 0. The van der Waals surface area contributed by atoms with Gasteiger partial charge in [-0.05, 0) is 125 Å². The largest absolute Gasteiger partial charge is 0.311 e. The van der Waals surface area contributed by atoms with Gasteiger partial charge in [0, 0.05) is 32.3 Å². The normalized spacial score (nSPS) is 13.7. The van der Waals surface area contributed by atoms with Gasteiger partial charge in [-0.3, -0.25) is 0 Å². The standard InChI is InChI=1S/C23H31NO2.C19H23NO2.C18H21NO2/c1-5-6-7-8-17-22(25-26-23(2,3)4)24-20-15-11-9-13-18(20)19-14-10-12-16-21(19)24;1-5-18(21-22-19(2,3)4)20-16-12-8-6-10-14(16)15-11-7-9-13-17(15)20;1-13(20-21-18(2,3)4)19-16-11-7-5-9-14(16)15-10-6-8-12-17(15)19/h9-16,22H,5-8,17H2,1-4H3;6-13,18H,5H2,1-4H3;5-13H,1-4H3. The van der Waals surface area contributed by atoms with Gasteiger partial charge in [0.2, 0.25) is 0 Å². The molecule has 0 radical (unpaired) electrons. The Morgan fingerprint density at radius 1 is 0.362 bits per heavy atom. The number of hydrogen-bond acceptors (Lipinski definition) is 6. The molecule has 366 valence electrons. The first-order chi connectivity index (χ1) is 33.0. The number of unbranched alkanes of at least 4 members (excludes halogenated alkanes) is 3. The average Bonchev–Trinajstić information content (AvgIpc) is 3.97. The number of nitrogens with zero attached hydrogens (tertiary/aromatic N) is 3. The van der Waals surface area contributed by atoms with E-state index in [1.807, 2.05) is 69.2 Å². The summed E-state index contributed by atoms with van der Waals surface area (Å²) in [4.78, 5) is 34.2. The third kappa shape index (κ3) is 12.6. The van der Waals surface area contributed by atoms with Gasteiger partial charge in [0.15, 0.2) is 18.7 Å². The van der Waals surface area contributed by atoms with Gasteiger partial charge >= 0.3 is 0 Å². The summed E-state index contributed by atoms with van der Waals surface area (Å²) in [5.41, 5.74) is 6.08. The fraction of sp³-hybridized carbons (Fsp3) is 0.400. The van der Waals surface area contributed by atoms with Crippen LogP contribution in [-0.4, -0.2) is 30.5 Å². The molecule has 9 aromatic rings. The van der Waals surface area contributed by atoms with E-state index in [2.05, 4.69) is 173 Å². The second kappa shape index (κ2) is 22.5. The van der Waals surface area contributed by atoms with Crippen molar-refractivity contribution in [2.45, 2.75) is 157 Å². The minimum atomic E-state index is -0.333. The molecule has 9 rings (SSSR count). The summed E-state index contributed by atoms with van der Waals surface area (Å²) in [6, 6.07) is 50.7. The summed E-state index contributed by atoms with van der Waals surface area (Å²) in [6.45, 7) is 24.3. The van der Waals surface area contributed by atoms with Crippen LogP contribution in [0.25, 0.3) is 65.4 Å². The van der Waals surface area contributed by atoms with Crippen molar-refractivity contribution in [2.24, 2.45) is 0 Å². The van der Waals surface area contributed by atoms with Crippen molar-refractivity contribution in [1.82, 2.24) is 13.7 Å². The third-order valence-electron chi connectivity index (χ3n) is 11.7. The second-order valence-electron chi connectivity index (χ2n) is 20.9. The SMILES string of the molecule is CC(OOC(C)(C)C)n1c2ccccc2c2ccccc21.CCC(OOC(C)(C)C)n1c2ccccc2c2ccccc21.CCCCCCC(OOC(C)(C)C)n1c2ccccc2c2ccccc21. The van der Waals surface area contributed by atoms with Crippen molar-refractivity contribution in [1.29, 1.82) is 0 Å². The number of benzene rings is 6. The Bertz CT molecular complexity index is 2890. The molecule has 0 aliphatic rings. The molecule has 0 saturated heterocycles. The van der Waals surface area contributed by atoms with E-state index in [-0.39, 0.29) is 35.5 Å². The van der Waals surface area contributed by atoms with Crippen molar-refractivity contribution in [3.8, 4) is 0 Å². The van der Waals surface area contributed by atoms with Crippen LogP contribution >= 0.6 is 0 Å². The van der Waals surface area contributed by atoms with Crippen LogP contribution in [0.4, 0.5) is 0 Å². The molecule has 0 saturated carbocycles. The van der Waals surface area contributed by atoms with Crippen LogP contribution < -0.4 is 0 Å². The maximum absolute atomic E-state index is 6.01. The van der Waals surface area contributed by atoms with Gasteiger partial charge in [-0.15, -0.1) is 0 Å². The summed E-state index contributed by atoms with van der Waals surface area (Å²) >= 11 is 0. The van der Waals surface area contributed by atoms with Gasteiger partial charge in [-0.25, -0.2) is 29.3 Å². The molecule has 3 aromatic heterocycles. The van der Waals surface area contributed by atoms with E-state index in [1.165, 1.54) is 73.6 Å². The molecule has 0 N–H and O–H groups in total. The van der Waals surface area contributed by atoms with Crippen LogP contribution in [0.2, 0.25) is 0 Å². The van der Waals surface area contributed by atoms with Crippen molar-refractivity contribution in [2.75, 3.05) is 0 Å². The first-order valence-corrected chi connectivity index (χ1v) is 25.0. The molecule has 0 aliphatic heterocycles. The molecule has 69 heavy (non-hydrogen) atoms. The van der Waals surface area contributed by atoms with E-state index in [4.69, 9.17) is 29.3 Å². The lowest BCUT2D eigenvalue weighted by Crippen LogP contribution is -2.23. The fourth-order valence-corrected chi connectivity index (χ4v) is 8.79. The molecular formula is C60H75N3O6. The highest BCUT2D eigenvalue weighted by atomic mass is 17.2. The highest BCUT2D eigenvalue weighted by Gasteiger charge is 2.24. The maximum Gasteiger partial charge on any atom is 0.169 e. The van der Waals surface area contributed by atoms with Crippen LogP contribution in [0.15, 0.2) is 146 Å². The van der Waals surface area contributed by atoms with Crippen LogP contribution in [0.3, 0.4) is 0 Å². The van der Waals surface area contributed by atoms with Crippen LogP contribution in [0.1, 0.15) is 140 Å². The van der Waals surface area contributed by atoms with E-state index < -0.39 is 0 Å². The highest BCUT2D eigenvalue weighted by molar-refractivity contribution is 6.09. The van der Waals surface area contributed by atoms with Gasteiger partial charge in [-0.1, -0.05) is 142 Å². The molecule has 0 amide bonds. The molecule has 0 spiro atoms. The smallest absolute Gasteiger partial charge is 0.169 e. The molecule has 3 unspecified atom stereocenters. The Hall–Kier alpha value is -5.52. The Labute approximate surface area is 409 Å². The quantitative estimate of drug-likeness (QED) is 0.0579. The van der Waals surface area contributed by atoms with Gasteiger partial charge in [0.05, 0.1) is 49.9 Å². The predicted molar refractivity (Wildman–Crippen MR) is 286 cm³/mol. The topological polar surface area (TPSA) is 70.2 Å². The Balaban J connectivity index is 0.000000154. The van der Waals surface area contributed by atoms with E-state index in [0.717, 1.165) is 30.3 Å². The summed E-state index contributed by atoms with van der Waals surface area (Å²) in [5, 5.41) is 7.49. The minimum Gasteiger partial charge on any atom is -0.311 e. The zero-order chi connectivity index (χ0) is 49.3. The lowest BCUT2D eigenvalue weighted by Gasteiger charge is -2.25. The fourth-order valence-electron chi connectivity index (χ4n) is 8.79. The molecule has 0 fully saturated rings. The predicted octanol–water partition coefficient (Wildman–Crippen LogP) is 17.5. The molecule has 3 atom stereocenters. The Kier molecular flexibility index (Phi) is 16.7. The van der Waals surface area contributed by atoms with Gasteiger partial charge in [-0.2, -0.15) is 0 Å². The lowest BCUT2D eigenvalue weighted by molar-refractivity contribution is -0.389. The van der Waals surface area contributed by atoms with Crippen molar-refractivity contribution < 1.29 is 29.3 Å². The summed E-state index contributed by atoms with van der Waals surface area (Å²) in [6.07, 6.45) is 6.15. The van der Waals surface area contributed by atoms with Crippen LogP contribution in [0, 0.1) is 0 Å². The van der Waals surface area contributed by atoms with Crippen molar-refractivity contribution in [3.63, 3.8) is 0 Å². The first-order valence-electron chi connectivity index (χ1n) is 25.0. The zero-order valence-corrected chi connectivity index (χ0v) is 43.1. The molecule has 9 heteroatoms. The summed E-state index contributed by atoms with van der Waals surface area (Å²) in [5.74, 6) is 0. The van der Waals surface area contributed by atoms with Gasteiger partial charge in [0.25, 0.3) is 0 Å². The van der Waals surface area contributed by atoms with Gasteiger partial charge < -0.3 is 13.7 Å².